The fraction of sp³-hybridized carbons (Fsp3) is 0.455. The van der Waals surface area contributed by atoms with Gasteiger partial charge in [0.25, 0.3) is 0 Å². The van der Waals surface area contributed by atoms with Crippen molar-refractivity contribution in [2.45, 2.75) is 12.1 Å². The zero-order valence-electron chi connectivity index (χ0n) is 12.1. The van der Waals surface area contributed by atoms with Gasteiger partial charge in [0.2, 0.25) is 4.91 Å². The van der Waals surface area contributed by atoms with Crippen LogP contribution in [0.5, 0.6) is 5.75 Å². The molecule has 0 aliphatic rings. The zero-order chi connectivity index (χ0) is 18.4. The SMILES string of the molecule is CN=[N+]=NCc1cc(OCCNS(=O)(=O)C(F)(F)F)c(F)cc1F. The lowest BCUT2D eigenvalue weighted by atomic mass is 10.2. The minimum atomic E-state index is -5.51. The number of hydrogen-bond donors (Lipinski definition) is 1. The molecule has 0 spiro atoms. The molecule has 1 N–H and O–H groups in total. The van der Waals surface area contributed by atoms with E-state index in [-0.39, 0.29) is 12.1 Å². The van der Waals surface area contributed by atoms with Gasteiger partial charge in [0.15, 0.2) is 18.1 Å². The number of rotatable bonds is 7. The first-order chi connectivity index (χ1) is 11.1. The summed E-state index contributed by atoms with van der Waals surface area (Å²) in [6.45, 7) is -1.63. The third-order valence-corrected chi connectivity index (χ3v) is 3.64. The largest absolute Gasteiger partial charge is 0.511 e. The topological polar surface area (TPSA) is 94.2 Å². The first-order valence-electron chi connectivity index (χ1n) is 6.20. The van der Waals surface area contributed by atoms with Crippen LogP contribution in [-0.2, 0) is 16.6 Å². The van der Waals surface area contributed by atoms with Gasteiger partial charge in [-0.25, -0.2) is 21.9 Å². The molecule has 13 heteroatoms. The third-order valence-electron chi connectivity index (χ3n) is 2.45. The van der Waals surface area contributed by atoms with Gasteiger partial charge in [-0.05, 0) is 6.07 Å². The fourth-order valence-electron chi connectivity index (χ4n) is 1.39. The maximum atomic E-state index is 13.5. The van der Waals surface area contributed by atoms with E-state index in [0.29, 0.717) is 6.07 Å². The molecule has 0 aromatic heterocycles. The van der Waals surface area contributed by atoms with Crippen LogP contribution in [0.3, 0.4) is 0 Å². The van der Waals surface area contributed by atoms with Gasteiger partial charge in [0.05, 0.1) is 0 Å². The molecule has 0 radical (unpaired) electrons. The van der Waals surface area contributed by atoms with E-state index in [1.807, 2.05) is 0 Å². The van der Waals surface area contributed by atoms with E-state index in [1.165, 1.54) is 11.8 Å². The summed E-state index contributed by atoms with van der Waals surface area (Å²) in [6.07, 6.45) is 0. The average molecular weight is 375 g/mol. The van der Waals surface area contributed by atoms with Gasteiger partial charge >= 0.3 is 15.5 Å². The zero-order valence-corrected chi connectivity index (χ0v) is 13.0. The molecule has 0 saturated carbocycles. The number of alkyl halides is 3. The Hall–Kier alpha value is -2.11. The molecule has 0 unspecified atom stereocenters. The number of hydrogen-bond acceptors (Lipinski definition) is 5. The summed E-state index contributed by atoms with van der Waals surface area (Å²) in [5.74, 6) is -2.50. The van der Waals surface area contributed by atoms with E-state index >= 15 is 0 Å². The molecule has 134 valence electrons. The quantitative estimate of drug-likeness (QED) is 0.341. The molecule has 0 aliphatic carbocycles. The van der Waals surface area contributed by atoms with Gasteiger partial charge < -0.3 is 4.74 Å². The molecule has 24 heavy (non-hydrogen) atoms. The van der Waals surface area contributed by atoms with Gasteiger partial charge in [-0.15, -0.1) is 0 Å². The fourth-order valence-corrected chi connectivity index (χ4v) is 1.91. The number of sulfonamides is 1. The maximum Gasteiger partial charge on any atom is 0.511 e. The van der Waals surface area contributed by atoms with Gasteiger partial charge in [-0.3, -0.25) is 0 Å². The van der Waals surface area contributed by atoms with Crippen LogP contribution in [-0.4, -0.2) is 34.1 Å². The van der Waals surface area contributed by atoms with E-state index < -0.39 is 46.1 Å². The molecule has 1 aromatic carbocycles. The van der Waals surface area contributed by atoms with Crippen LogP contribution in [0.1, 0.15) is 5.56 Å². The van der Waals surface area contributed by atoms with Crippen molar-refractivity contribution in [3.8, 4) is 5.75 Å². The second-order valence-corrected chi connectivity index (χ2v) is 5.91. The van der Waals surface area contributed by atoms with Crippen LogP contribution in [0.25, 0.3) is 0 Å². The predicted octanol–water partition coefficient (Wildman–Crippen LogP) is 1.88. The number of nitrogens with zero attached hydrogens (tertiary/aromatic N) is 3. The lowest BCUT2D eigenvalue weighted by Gasteiger charge is -2.11. The van der Waals surface area contributed by atoms with Gasteiger partial charge in [0.1, 0.15) is 29.7 Å². The first-order valence-corrected chi connectivity index (χ1v) is 7.69. The predicted molar refractivity (Wildman–Crippen MR) is 71.4 cm³/mol. The van der Waals surface area contributed by atoms with Gasteiger partial charge in [-0.1, -0.05) is 0 Å². The average Bonchev–Trinajstić information content (AvgIpc) is 2.46. The maximum absolute atomic E-state index is 13.5. The molecular weight excluding hydrogens is 363 g/mol. The van der Waals surface area contributed by atoms with Crippen molar-refractivity contribution >= 4 is 10.0 Å². The molecule has 0 saturated heterocycles. The summed E-state index contributed by atoms with van der Waals surface area (Å²) in [5, 5.41) is 6.77. The van der Waals surface area contributed by atoms with Crippen molar-refractivity contribution in [2.24, 2.45) is 10.2 Å². The highest BCUT2D eigenvalue weighted by Gasteiger charge is 2.45. The minimum absolute atomic E-state index is 0.0883. The Morgan fingerprint density at radius 1 is 1.25 bits per heavy atom. The minimum Gasteiger partial charge on any atom is -0.489 e. The summed E-state index contributed by atoms with van der Waals surface area (Å²) < 4.78 is 90.7. The number of halogens is 5. The highest BCUT2D eigenvalue weighted by Crippen LogP contribution is 2.23. The summed E-state index contributed by atoms with van der Waals surface area (Å²) in [6, 6.07) is 1.45. The first kappa shape index (κ1) is 19.9. The highest BCUT2D eigenvalue weighted by atomic mass is 32.2. The molecule has 0 bridgehead atoms. The van der Waals surface area contributed by atoms with Crippen LogP contribution in [0, 0.1) is 11.6 Å². The van der Waals surface area contributed by atoms with Crippen LogP contribution in [0.15, 0.2) is 22.4 Å². The number of benzene rings is 1. The molecule has 0 atom stereocenters. The van der Waals surface area contributed by atoms with Crippen LogP contribution in [0.2, 0.25) is 0 Å². The molecule has 0 heterocycles. The van der Waals surface area contributed by atoms with E-state index in [1.54, 1.807) is 0 Å². The monoisotopic (exact) mass is 375 g/mol. The molecule has 7 nitrogen and oxygen atoms in total. The van der Waals surface area contributed by atoms with Crippen LogP contribution in [0.4, 0.5) is 22.0 Å². The van der Waals surface area contributed by atoms with E-state index in [9.17, 15) is 30.4 Å². The Morgan fingerprint density at radius 2 is 1.92 bits per heavy atom. The normalized spacial score (nSPS) is 11.8. The summed E-state index contributed by atoms with van der Waals surface area (Å²) >= 11 is 0. The van der Waals surface area contributed by atoms with Gasteiger partial charge in [-0.2, -0.15) is 13.2 Å². The second kappa shape index (κ2) is 8.13. The van der Waals surface area contributed by atoms with Crippen LogP contribution >= 0.6 is 0 Å². The molecule has 0 fully saturated rings. The Bertz CT molecular complexity index is 745. The molecule has 1 aromatic rings. The summed E-state index contributed by atoms with van der Waals surface area (Å²) in [5.41, 5.74) is -5.55. The smallest absolute Gasteiger partial charge is 0.489 e. The van der Waals surface area contributed by atoms with Gasteiger partial charge in [0, 0.05) is 18.2 Å². The van der Waals surface area contributed by atoms with Crippen molar-refractivity contribution in [1.82, 2.24) is 9.63 Å². The molecule has 0 aliphatic heterocycles. The van der Waals surface area contributed by atoms with Crippen molar-refractivity contribution < 1.29 is 35.1 Å². The molecular formula is C11H12F5N4O3S+. The number of nitrogens with one attached hydrogen (secondary N) is 1. The highest BCUT2D eigenvalue weighted by molar-refractivity contribution is 7.90. The number of ether oxygens (including phenoxy) is 1. The molecule has 1 rings (SSSR count). The van der Waals surface area contributed by atoms with E-state index in [0.717, 1.165) is 6.07 Å². The van der Waals surface area contributed by atoms with E-state index in [2.05, 4.69) is 15.1 Å². The third kappa shape index (κ3) is 5.51. The standard InChI is InChI=1S/C11H12F5N4O3S/c1-17-20-18-6-7-4-10(9(13)5-8(7)12)23-3-2-19-24(21,22)11(14,15)16/h4-5,19H,2-3,6H2,1H3/q+1. The Morgan fingerprint density at radius 3 is 2.50 bits per heavy atom. The van der Waals surface area contributed by atoms with Crippen molar-refractivity contribution in [2.75, 3.05) is 20.2 Å². The Balaban J connectivity index is 2.72. The lowest BCUT2D eigenvalue weighted by molar-refractivity contribution is -0.0448. The Labute approximate surface area is 133 Å². The summed E-state index contributed by atoms with van der Waals surface area (Å²) in [4.78, 5) is 3.25. The lowest BCUT2D eigenvalue weighted by Crippen LogP contribution is -2.38. The second-order valence-electron chi connectivity index (χ2n) is 4.15. The van der Waals surface area contributed by atoms with Crippen molar-refractivity contribution in [3.63, 3.8) is 0 Å². The van der Waals surface area contributed by atoms with Crippen molar-refractivity contribution in [3.05, 3.63) is 29.3 Å². The van der Waals surface area contributed by atoms with Crippen molar-refractivity contribution in [1.29, 1.82) is 0 Å². The van der Waals surface area contributed by atoms with Crippen LogP contribution < -0.4 is 14.4 Å². The van der Waals surface area contributed by atoms with E-state index in [4.69, 9.17) is 4.74 Å². The summed E-state index contributed by atoms with van der Waals surface area (Å²) in [7, 11) is -4.18. The molecule has 0 amide bonds. The Kier molecular flexibility index (Phi) is 6.75.